The number of hydrogen-bond donors (Lipinski definition) is 0. The number of benzene rings is 1. The summed E-state index contributed by atoms with van der Waals surface area (Å²) < 4.78 is 0. The van der Waals surface area contributed by atoms with Crippen molar-refractivity contribution >= 4 is 50.9 Å². The Morgan fingerprint density at radius 3 is 2.47 bits per heavy atom. The Balaban J connectivity index is 0.000000337. The summed E-state index contributed by atoms with van der Waals surface area (Å²) in [5, 5.41) is 1.15. The Bertz CT molecular complexity index is 448. The molecule has 1 aromatic heterocycles. The van der Waals surface area contributed by atoms with Crippen LogP contribution in [0.5, 0.6) is 0 Å². The van der Waals surface area contributed by atoms with Crippen LogP contribution in [0.25, 0.3) is 10.9 Å². The predicted molar refractivity (Wildman–Crippen MR) is 77.1 cm³/mol. The van der Waals surface area contributed by atoms with Crippen molar-refractivity contribution in [3.63, 3.8) is 0 Å². The first-order chi connectivity index (χ1) is 7.19. The van der Waals surface area contributed by atoms with E-state index in [2.05, 4.69) is 69.0 Å². The number of nitrogens with zero attached hydrogens (tertiary/aromatic N) is 2. The van der Waals surface area contributed by atoms with Gasteiger partial charge in [0.05, 0.1) is 5.52 Å². The quantitative estimate of drug-likeness (QED) is 0.553. The van der Waals surface area contributed by atoms with Crippen LogP contribution in [0.15, 0.2) is 24.5 Å². The number of halogens is 2. The first kappa shape index (κ1) is 13.7. The number of aromatic nitrogens is 2. The van der Waals surface area contributed by atoms with Gasteiger partial charge in [0.15, 0.2) is 0 Å². The van der Waals surface area contributed by atoms with Gasteiger partial charge in [-0.2, -0.15) is 0 Å². The molecule has 0 saturated heterocycles. The number of hydrogen-bond acceptors (Lipinski definition) is 2. The third kappa shape index (κ3) is 4.16. The molecule has 2 rings (SSSR count). The molecule has 5 heteroatoms. The minimum absolute atomic E-state index is 0.628. The Labute approximate surface area is 118 Å². The second kappa shape index (κ2) is 7.03. The molecule has 0 atom stereocenters. The van der Waals surface area contributed by atoms with Gasteiger partial charge in [-0.3, -0.25) is 0 Å². The van der Waals surface area contributed by atoms with Crippen molar-refractivity contribution in [1.82, 2.24) is 9.97 Å². The normalized spacial score (nSPS) is 9.33. The molecule has 1 aromatic carbocycles. The molecule has 2 aromatic rings. The maximum atomic E-state index is 4.17. The standard InChI is InChI=1S/C10H10N2.2HI.V/c1-7-3-4-10-9(5-7)8(2)11-6-12-10;;;/h3-6H,1-2H3;2*1H;/q;;;+2/p-2. The summed E-state index contributed by atoms with van der Waals surface area (Å²) in [5.41, 5.74) is 3.32. The fourth-order valence-corrected chi connectivity index (χ4v) is 1.30. The van der Waals surface area contributed by atoms with Gasteiger partial charge >= 0.3 is 49.4 Å². The van der Waals surface area contributed by atoms with E-state index in [4.69, 9.17) is 0 Å². The summed E-state index contributed by atoms with van der Waals surface area (Å²) in [5.74, 6) is 0. The van der Waals surface area contributed by atoms with Gasteiger partial charge in [-0.15, -0.1) is 0 Å². The van der Waals surface area contributed by atoms with E-state index in [1.807, 2.05) is 13.0 Å². The molecule has 0 bridgehead atoms. The molecule has 0 spiro atoms. The molecule has 15 heavy (non-hydrogen) atoms. The van der Waals surface area contributed by atoms with Crippen LogP contribution < -0.4 is 0 Å². The molecule has 0 unspecified atom stereocenters. The average molecular weight is 463 g/mol. The summed E-state index contributed by atoms with van der Waals surface area (Å²) in [4.78, 5) is 8.31. The number of fused-ring (bicyclic) bond motifs is 1. The third-order valence-corrected chi connectivity index (χ3v) is 1.99. The van der Waals surface area contributed by atoms with Crippen molar-refractivity contribution in [2.75, 3.05) is 0 Å². The van der Waals surface area contributed by atoms with E-state index in [1.165, 1.54) is 5.56 Å². The Hall–Kier alpha value is 0.604. The van der Waals surface area contributed by atoms with Crippen molar-refractivity contribution in [3.8, 4) is 0 Å². The van der Waals surface area contributed by atoms with Gasteiger partial charge in [0.2, 0.25) is 0 Å². The van der Waals surface area contributed by atoms with Crippen LogP contribution >= 0.6 is 40.0 Å². The van der Waals surface area contributed by atoms with Crippen LogP contribution in [0, 0.1) is 13.8 Å². The second-order valence-electron chi connectivity index (χ2n) is 3.04. The summed E-state index contributed by atoms with van der Waals surface area (Å²) in [6.45, 7) is 4.08. The van der Waals surface area contributed by atoms with E-state index in [0.717, 1.165) is 16.6 Å². The predicted octanol–water partition coefficient (Wildman–Crippen LogP) is 4.02. The van der Waals surface area contributed by atoms with Crippen molar-refractivity contribution in [1.29, 1.82) is 0 Å². The second-order valence-corrected chi connectivity index (χ2v) is 14.8. The number of rotatable bonds is 0. The summed E-state index contributed by atoms with van der Waals surface area (Å²) in [6, 6.07) is 6.21. The van der Waals surface area contributed by atoms with E-state index in [-0.39, 0.29) is 0 Å². The zero-order valence-electron chi connectivity index (χ0n) is 8.41. The van der Waals surface area contributed by atoms with E-state index >= 15 is 0 Å². The van der Waals surface area contributed by atoms with Crippen molar-refractivity contribution in [2.24, 2.45) is 0 Å². The molecule has 0 radical (unpaired) electrons. The van der Waals surface area contributed by atoms with E-state index in [1.54, 1.807) is 6.33 Å². The molecule has 0 aliphatic rings. The molecule has 1 heterocycles. The molecular formula is C10H10I2N2V. The molecule has 79 valence electrons. The van der Waals surface area contributed by atoms with Gasteiger partial charge in [0, 0.05) is 11.1 Å². The minimum atomic E-state index is 0.628. The Morgan fingerprint density at radius 1 is 1.13 bits per heavy atom. The molecule has 0 aliphatic heterocycles. The van der Waals surface area contributed by atoms with Crippen molar-refractivity contribution in [2.45, 2.75) is 13.8 Å². The van der Waals surface area contributed by atoms with Crippen LogP contribution in [0.3, 0.4) is 0 Å². The van der Waals surface area contributed by atoms with Crippen LogP contribution in [0.1, 0.15) is 11.3 Å². The first-order valence-corrected chi connectivity index (χ1v) is 13.3. The molecule has 0 N–H and O–H groups in total. The monoisotopic (exact) mass is 463 g/mol. The molecule has 0 aliphatic carbocycles. The average Bonchev–Trinajstić information content (AvgIpc) is 2.21. The van der Waals surface area contributed by atoms with Crippen molar-refractivity contribution < 1.29 is 9.47 Å². The van der Waals surface area contributed by atoms with Crippen LogP contribution in [-0.4, -0.2) is 9.97 Å². The van der Waals surface area contributed by atoms with Crippen LogP contribution in [0.4, 0.5) is 0 Å². The molecule has 2 nitrogen and oxygen atoms in total. The zero-order valence-corrected chi connectivity index (χ0v) is 14.1. The maximum absolute atomic E-state index is 4.17. The van der Waals surface area contributed by atoms with Gasteiger partial charge in [-0.1, -0.05) is 11.6 Å². The SMILES string of the molecule is Cc1ccc2ncnc(C)c2c1.[I][V][I]. The third-order valence-electron chi connectivity index (χ3n) is 1.99. The molecule has 0 amide bonds. The van der Waals surface area contributed by atoms with E-state index in [9.17, 15) is 0 Å². The summed E-state index contributed by atoms with van der Waals surface area (Å²) >= 11 is 4.74. The fraction of sp³-hybridized carbons (Fsp3) is 0.200. The topological polar surface area (TPSA) is 25.8 Å². The van der Waals surface area contributed by atoms with Gasteiger partial charge in [-0.25, -0.2) is 9.97 Å². The fourth-order valence-electron chi connectivity index (χ4n) is 1.30. The molecule has 0 saturated carbocycles. The van der Waals surface area contributed by atoms with Gasteiger partial charge in [0.25, 0.3) is 0 Å². The zero-order chi connectivity index (χ0) is 11.3. The molecular weight excluding hydrogens is 453 g/mol. The van der Waals surface area contributed by atoms with E-state index in [0.29, 0.717) is 9.47 Å². The first-order valence-electron chi connectivity index (χ1n) is 4.29. The summed E-state index contributed by atoms with van der Waals surface area (Å²) in [7, 11) is 0.628. The van der Waals surface area contributed by atoms with Gasteiger partial charge in [-0.05, 0) is 26.0 Å². The van der Waals surface area contributed by atoms with Crippen LogP contribution in [0.2, 0.25) is 0 Å². The molecule has 0 fully saturated rings. The van der Waals surface area contributed by atoms with Gasteiger partial charge < -0.3 is 0 Å². The Kier molecular flexibility index (Phi) is 6.41. The van der Waals surface area contributed by atoms with E-state index < -0.39 is 0 Å². The van der Waals surface area contributed by atoms with Gasteiger partial charge in [0.1, 0.15) is 6.33 Å². The number of aryl methyl sites for hydroxylation is 2. The van der Waals surface area contributed by atoms with Crippen molar-refractivity contribution in [3.05, 3.63) is 35.8 Å². The summed E-state index contributed by atoms with van der Waals surface area (Å²) in [6.07, 6.45) is 1.60. The van der Waals surface area contributed by atoms with Crippen LogP contribution in [-0.2, 0) is 9.47 Å². The Morgan fingerprint density at radius 2 is 1.80 bits per heavy atom.